The molecule has 38 heavy (non-hydrogen) atoms. The number of rotatable bonds is 11. The molecule has 0 fully saturated rings. The van der Waals surface area contributed by atoms with Crippen molar-refractivity contribution in [2.45, 2.75) is 33.2 Å². The maximum Gasteiger partial charge on any atom is 0.307 e. The van der Waals surface area contributed by atoms with Crippen LogP contribution in [0.4, 0.5) is 5.69 Å². The van der Waals surface area contributed by atoms with Crippen molar-refractivity contribution in [1.82, 2.24) is 15.5 Å². The van der Waals surface area contributed by atoms with Crippen LogP contribution in [0.1, 0.15) is 49.2 Å². The van der Waals surface area contributed by atoms with Crippen LogP contribution in [0.25, 0.3) is 22.9 Å². The molecule has 0 saturated carbocycles. The van der Waals surface area contributed by atoms with Crippen molar-refractivity contribution in [2.24, 2.45) is 5.92 Å². The molecule has 0 aliphatic heterocycles. The van der Waals surface area contributed by atoms with Gasteiger partial charge in [-0.3, -0.25) is 9.59 Å². The second kappa shape index (κ2) is 12.7. The lowest BCUT2D eigenvalue weighted by atomic mass is 9.94. The lowest BCUT2D eigenvalue weighted by molar-refractivity contribution is -0.142. The van der Waals surface area contributed by atoms with E-state index in [1.807, 2.05) is 66.7 Å². The van der Waals surface area contributed by atoms with Crippen LogP contribution in [0, 0.1) is 5.92 Å². The Balaban J connectivity index is 1.38. The molecule has 0 spiro atoms. The molecule has 0 aliphatic carbocycles. The van der Waals surface area contributed by atoms with Crippen LogP contribution in [0.2, 0.25) is 0 Å². The summed E-state index contributed by atoms with van der Waals surface area (Å²) in [7, 11) is 0. The number of ether oxygens (including phenoxy) is 1. The zero-order valence-corrected chi connectivity index (χ0v) is 21.8. The van der Waals surface area contributed by atoms with Gasteiger partial charge in [0.2, 0.25) is 11.8 Å². The number of anilines is 1. The fourth-order valence-corrected chi connectivity index (χ4v) is 4.02. The number of hydrogen-bond donors (Lipinski definition) is 2. The van der Waals surface area contributed by atoms with Gasteiger partial charge >= 0.3 is 5.97 Å². The van der Waals surface area contributed by atoms with E-state index in [-0.39, 0.29) is 30.9 Å². The van der Waals surface area contributed by atoms with Crippen LogP contribution in [0.3, 0.4) is 0 Å². The van der Waals surface area contributed by atoms with Crippen molar-refractivity contribution in [3.8, 4) is 22.9 Å². The van der Waals surface area contributed by atoms with Gasteiger partial charge in [0.05, 0.1) is 19.1 Å². The molecule has 196 valence electrons. The van der Waals surface area contributed by atoms with Crippen molar-refractivity contribution in [1.29, 1.82) is 0 Å². The lowest BCUT2D eigenvalue weighted by Gasteiger charge is -2.24. The summed E-state index contributed by atoms with van der Waals surface area (Å²) in [6, 6.07) is 25.1. The SMILES string of the molecule is CCOC(=O)CCNC(=O)c1ccc([C@H](Nc2ccc(-c3nnc(-c4ccccc4)o3)cc2)C(C)C)cc1. The number of nitrogens with one attached hydrogen (secondary N) is 2. The topological polar surface area (TPSA) is 106 Å². The highest BCUT2D eigenvalue weighted by molar-refractivity contribution is 5.94. The quantitative estimate of drug-likeness (QED) is 0.241. The second-order valence-electron chi connectivity index (χ2n) is 9.15. The molecular formula is C30H32N4O4. The third kappa shape index (κ3) is 6.85. The summed E-state index contributed by atoms with van der Waals surface area (Å²) in [4.78, 5) is 23.9. The van der Waals surface area contributed by atoms with Gasteiger partial charge in [-0.2, -0.15) is 0 Å². The average molecular weight is 513 g/mol. The molecule has 3 aromatic carbocycles. The first-order valence-electron chi connectivity index (χ1n) is 12.7. The summed E-state index contributed by atoms with van der Waals surface area (Å²) >= 11 is 0. The maximum atomic E-state index is 12.4. The monoisotopic (exact) mass is 512 g/mol. The van der Waals surface area contributed by atoms with E-state index in [2.05, 4.69) is 34.7 Å². The zero-order valence-electron chi connectivity index (χ0n) is 21.8. The summed E-state index contributed by atoms with van der Waals surface area (Å²) in [6.45, 7) is 6.61. The van der Waals surface area contributed by atoms with E-state index >= 15 is 0 Å². The van der Waals surface area contributed by atoms with E-state index < -0.39 is 0 Å². The number of carbonyl (C=O) groups is 2. The Morgan fingerprint density at radius 1 is 0.868 bits per heavy atom. The van der Waals surface area contributed by atoms with Gasteiger partial charge in [-0.05, 0) is 66.9 Å². The number of nitrogens with zero attached hydrogens (tertiary/aromatic N) is 2. The van der Waals surface area contributed by atoms with Crippen molar-refractivity contribution in [3.05, 3.63) is 90.0 Å². The normalized spacial score (nSPS) is 11.7. The minimum absolute atomic E-state index is 0.0369. The molecule has 1 amide bonds. The van der Waals surface area contributed by atoms with Crippen molar-refractivity contribution in [3.63, 3.8) is 0 Å². The minimum Gasteiger partial charge on any atom is -0.466 e. The summed E-state index contributed by atoms with van der Waals surface area (Å²) in [5.74, 6) is 0.701. The molecule has 0 aliphatic rings. The van der Waals surface area contributed by atoms with E-state index in [0.717, 1.165) is 22.4 Å². The second-order valence-corrected chi connectivity index (χ2v) is 9.15. The van der Waals surface area contributed by atoms with E-state index in [9.17, 15) is 9.59 Å². The molecule has 0 bridgehead atoms. The Hall–Kier alpha value is -4.46. The van der Waals surface area contributed by atoms with Gasteiger partial charge in [-0.15, -0.1) is 10.2 Å². The summed E-state index contributed by atoms with van der Waals surface area (Å²) < 4.78 is 10.7. The largest absolute Gasteiger partial charge is 0.466 e. The van der Waals surface area contributed by atoms with E-state index in [1.54, 1.807) is 19.1 Å². The highest BCUT2D eigenvalue weighted by Crippen LogP contribution is 2.29. The molecule has 4 aromatic rings. The van der Waals surface area contributed by atoms with Crippen molar-refractivity contribution in [2.75, 3.05) is 18.5 Å². The average Bonchev–Trinajstić information content (AvgIpc) is 3.43. The smallest absolute Gasteiger partial charge is 0.307 e. The van der Waals surface area contributed by atoms with Gasteiger partial charge in [0, 0.05) is 28.9 Å². The standard InChI is InChI=1S/C30H32N4O4/c1-4-37-26(35)18-19-31-28(36)22-12-10-21(11-13-22)27(20(2)3)32-25-16-14-24(15-17-25)30-34-33-29(38-30)23-8-6-5-7-9-23/h5-17,20,27,32H,4,18-19H2,1-3H3,(H,31,36)/t27-/m1/s1. The van der Waals surface area contributed by atoms with Gasteiger partial charge < -0.3 is 19.8 Å². The fourth-order valence-electron chi connectivity index (χ4n) is 4.02. The number of hydrogen-bond acceptors (Lipinski definition) is 7. The molecule has 0 saturated heterocycles. The van der Waals surface area contributed by atoms with Gasteiger partial charge in [0.25, 0.3) is 5.91 Å². The van der Waals surface area contributed by atoms with Gasteiger partial charge in [-0.25, -0.2) is 0 Å². The molecule has 8 heteroatoms. The predicted octanol–water partition coefficient (Wildman–Crippen LogP) is 5.90. The Kier molecular flexibility index (Phi) is 8.87. The van der Waals surface area contributed by atoms with Crippen LogP contribution in [-0.4, -0.2) is 35.2 Å². The third-order valence-electron chi connectivity index (χ3n) is 6.02. The van der Waals surface area contributed by atoms with Crippen molar-refractivity contribution < 1.29 is 18.7 Å². The highest BCUT2D eigenvalue weighted by atomic mass is 16.5. The van der Waals surface area contributed by atoms with Crippen LogP contribution in [0.15, 0.2) is 83.3 Å². The number of amides is 1. The first-order valence-corrected chi connectivity index (χ1v) is 12.7. The molecular weight excluding hydrogens is 480 g/mol. The number of carbonyl (C=O) groups excluding carboxylic acids is 2. The van der Waals surface area contributed by atoms with Crippen LogP contribution < -0.4 is 10.6 Å². The molecule has 0 radical (unpaired) electrons. The van der Waals surface area contributed by atoms with Gasteiger partial charge in [-0.1, -0.05) is 44.2 Å². The number of esters is 1. The number of aromatic nitrogens is 2. The molecule has 1 aromatic heterocycles. The predicted molar refractivity (Wildman–Crippen MR) is 146 cm³/mol. The highest BCUT2D eigenvalue weighted by Gasteiger charge is 2.17. The van der Waals surface area contributed by atoms with Crippen LogP contribution in [0.5, 0.6) is 0 Å². The van der Waals surface area contributed by atoms with E-state index in [1.165, 1.54) is 0 Å². The summed E-state index contributed by atoms with van der Waals surface area (Å²) in [5.41, 5.74) is 4.28. The zero-order chi connectivity index (χ0) is 26.9. The fraction of sp³-hybridized carbons (Fsp3) is 0.267. The summed E-state index contributed by atoms with van der Waals surface area (Å²) in [6.07, 6.45) is 0.149. The Morgan fingerprint density at radius 3 is 2.11 bits per heavy atom. The van der Waals surface area contributed by atoms with Gasteiger partial charge in [0.15, 0.2) is 0 Å². The maximum absolute atomic E-state index is 12.4. The molecule has 4 rings (SSSR count). The Morgan fingerprint density at radius 2 is 1.50 bits per heavy atom. The molecule has 0 unspecified atom stereocenters. The molecule has 1 heterocycles. The lowest BCUT2D eigenvalue weighted by Crippen LogP contribution is -2.26. The molecule has 8 nitrogen and oxygen atoms in total. The Labute approximate surface area is 222 Å². The van der Waals surface area contributed by atoms with Gasteiger partial charge in [0.1, 0.15) is 0 Å². The molecule has 1 atom stereocenters. The van der Waals surface area contributed by atoms with Crippen LogP contribution in [-0.2, 0) is 9.53 Å². The van der Waals surface area contributed by atoms with E-state index in [4.69, 9.17) is 9.15 Å². The minimum atomic E-state index is -0.323. The first kappa shape index (κ1) is 26.6. The molecule has 2 N–H and O–H groups in total. The Bertz CT molecular complexity index is 1330. The van der Waals surface area contributed by atoms with E-state index in [0.29, 0.717) is 29.9 Å². The number of benzene rings is 3. The first-order chi connectivity index (χ1) is 18.4. The third-order valence-corrected chi connectivity index (χ3v) is 6.02. The van der Waals surface area contributed by atoms with Crippen LogP contribution >= 0.6 is 0 Å². The van der Waals surface area contributed by atoms with Crippen molar-refractivity contribution >= 4 is 17.6 Å². The summed E-state index contributed by atoms with van der Waals surface area (Å²) in [5, 5.41) is 14.7.